The Morgan fingerprint density at radius 2 is 1.27 bits per heavy atom. The van der Waals surface area contributed by atoms with Crippen molar-refractivity contribution < 1.29 is 18.0 Å². The van der Waals surface area contributed by atoms with E-state index >= 15 is 0 Å². The second kappa shape index (κ2) is 14.8. The molecule has 1 unspecified atom stereocenters. The lowest BCUT2D eigenvalue weighted by molar-refractivity contribution is -0.140. The fourth-order valence-corrected chi connectivity index (χ4v) is 6.26. The van der Waals surface area contributed by atoms with Gasteiger partial charge in [0.15, 0.2) is 0 Å². The highest BCUT2D eigenvalue weighted by molar-refractivity contribution is 7.92. The molecule has 0 spiro atoms. The van der Waals surface area contributed by atoms with Crippen molar-refractivity contribution in [3.63, 3.8) is 0 Å². The lowest BCUT2D eigenvalue weighted by atomic mass is 10.0. The molecule has 0 aliphatic carbocycles. The van der Waals surface area contributed by atoms with Gasteiger partial charge in [-0.1, -0.05) is 110 Å². The summed E-state index contributed by atoms with van der Waals surface area (Å²) in [4.78, 5) is 29.9. The maximum atomic E-state index is 14.5. The number of carbonyl (C=O) groups excluding carboxylic acids is 2. The lowest BCUT2D eigenvalue weighted by Gasteiger charge is -2.34. The topological polar surface area (TPSA) is 86.8 Å². The van der Waals surface area contributed by atoms with E-state index in [0.29, 0.717) is 12.2 Å². The van der Waals surface area contributed by atoms with E-state index in [2.05, 4.69) is 5.32 Å². The first-order valence-corrected chi connectivity index (χ1v) is 16.3. The Morgan fingerprint density at radius 1 is 0.727 bits per heavy atom. The molecule has 8 heteroatoms. The van der Waals surface area contributed by atoms with Gasteiger partial charge in [-0.2, -0.15) is 0 Å². The fourth-order valence-electron chi connectivity index (χ4n) is 4.83. The molecule has 0 heterocycles. The summed E-state index contributed by atoms with van der Waals surface area (Å²) in [5.41, 5.74) is 4.13. The number of anilines is 1. The molecule has 44 heavy (non-hydrogen) atoms. The van der Waals surface area contributed by atoms with Crippen LogP contribution in [0.3, 0.4) is 0 Å². The Hall–Kier alpha value is -4.43. The number of aryl methyl sites for hydroxylation is 2. The third-order valence-corrected chi connectivity index (χ3v) is 9.15. The number of amides is 2. The first-order valence-electron chi connectivity index (χ1n) is 14.9. The van der Waals surface area contributed by atoms with Crippen LogP contribution in [0.25, 0.3) is 0 Å². The monoisotopic (exact) mass is 611 g/mol. The van der Waals surface area contributed by atoms with Crippen molar-refractivity contribution in [1.29, 1.82) is 0 Å². The number of hydrogen-bond donors (Lipinski definition) is 1. The Bertz CT molecular complexity index is 1620. The first-order chi connectivity index (χ1) is 21.0. The van der Waals surface area contributed by atoms with Crippen molar-refractivity contribution in [2.24, 2.45) is 5.92 Å². The van der Waals surface area contributed by atoms with Gasteiger partial charge in [0.2, 0.25) is 11.8 Å². The third-order valence-electron chi connectivity index (χ3n) is 7.36. The summed E-state index contributed by atoms with van der Waals surface area (Å²) < 4.78 is 29.2. The number of nitrogens with one attached hydrogen (secondary N) is 1. The quantitative estimate of drug-likeness (QED) is 0.204. The highest BCUT2D eigenvalue weighted by atomic mass is 32.2. The van der Waals surface area contributed by atoms with Gasteiger partial charge < -0.3 is 10.2 Å². The van der Waals surface area contributed by atoms with Gasteiger partial charge in [0.25, 0.3) is 10.0 Å². The van der Waals surface area contributed by atoms with Gasteiger partial charge in [-0.05, 0) is 55.2 Å². The molecule has 0 aliphatic heterocycles. The molecule has 0 radical (unpaired) electrons. The van der Waals surface area contributed by atoms with Crippen LogP contribution >= 0.6 is 0 Å². The molecular formula is C36H41N3O4S. The van der Waals surface area contributed by atoms with Crippen LogP contribution in [0.15, 0.2) is 114 Å². The molecule has 0 saturated heterocycles. The Kier molecular flexibility index (Phi) is 11.0. The second-order valence-electron chi connectivity index (χ2n) is 11.5. The normalized spacial score (nSPS) is 12.0. The second-order valence-corrected chi connectivity index (χ2v) is 13.4. The molecule has 1 N–H and O–H groups in total. The average Bonchev–Trinajstić information content (AvgIpc) is 3.02. The van der Waals surface area contributed by atoms with E-state index in [1.807, 2.05) is 94.4 Å². The zero-order valence-electron chi connectivity index (χ0n) is 25.8. The molecule has 4 aromatic rings. The zero-order chi connectivity index (χ0) is 31.7. The maximum absolute atomic E-state index is 14.5. The van der Waals surface area contributed by atoms with Gasteiger partial charge >= 0.3 is 0 Å². The number of sulfonamides is 1. The van der Waals surface area contributed by atoms with Gasteiger partial charge in [-0.3, -0.25) is 13.9 Å². The number of rotatable bonds is 13. The smallest absolute Gasteiger partial charge is 0.264 e. The van der Waals surface area contributed by atoms with Crippen LogP contribution in [-0.4, -0.2) is 44.3 Å². The fraction of sp³-hybridized carbons (Fsp3) is 0.278. The van der Waals surface area contributed by atoms with Crippen LogP contribution in [0, 0.1) is 19.8 Å². The van der Waals surface area contributed by atoms with Crippen LogP contribution < -0.4 is 9.62 Å². The summed E-state index contributed by atoms with van der Waals surface area (Å²) in [7, 11) is -4.12. The molecule has 7 nitrogen and oxygen atoms in total. The largest absolute Gasteiger partial charge is 0.354 e. The Balaban J connectivity index is 1.78. The van der Waals surface area contributed by atoms with Crippen LogP contribution in [0.2, 0.25) is 0 Å². The zero-order valence-corrected chi connectivity index (χ0v) is 26.6. The molecule has 1 atom stereocenters. The van der Waals surface area contributed by atoms with Gasteiger partial charge in [0.1, 0.15) is 12.6 Å². The minimum absolute atomic E-state index is 0.0778. The van der Waals surface area contributed by atoms with Gasteiger partial charge in [0, 0.05) is 19.5 Å². The number of carbonyl (C=O) groups is 2. The molecule has 0 saturated carbocycles. The molecule has 0 aromatic heterocycles. The predicted octanol–water partition coefficient (Wildman–Crippen LogP) is 5.91. The molecular weight excluding hydrogens is 570 g/mol. The highest BCUT2D eigenvalue weighted by Crippen LogP contribution is 2.25. The molecule has 0 aliphatic rings. The summed E-state index contributed by atoms with van der Waals surface area (Å²) in [6.45, 7) is 8.03. The third kappa shape index (κ3) is 8.57. The van der Waals surface area contributed by atoms with E-state index in [1.54, 1.807) is 30.3 Å². The Labute approximate surface area is 261 Å². The van der Waals surface area contributed by atoms with Crippen LogP contribution in [-0.2, 0) is 32.6 Å². The van der Waals surface area contributed by atoms with E-state index in [-0.39, 0.29) is 29.7 Å². The summed E-state index contributed by atoms with van der Waals surface area (Å²) >= 11 is 0. The highest BCUT2D eigenvalue weighted by Gasteiger charge is 2.34. The lowest BCUT2D eigenvalue weighted by Crippen LogP contribution is -2.53. The maximum Gasteiger partial charge on any atom is 0.264 e. The number of nitrogens with zero attached hydrogens (tertiary/aromatic N) is 2. The molecule has 4 aromatic carbocycles. The van der Waals surface area contributed by atoms with E-state index in [9.17, 15) is 18.0 Å². The van der Waals surface area contributed by atoms with Gasteiger partial charge in [-0.25, -0.2) is 8.42 Å². The van der Waals surface area contributed by atoms with E-state index < -0.39 is 28.5 Å². The predicted molar refractivity (Wildman–Crippen MR) is 176 cm³/mol. The van der Waals surface area contributed by atoms with E-state index in [1.165, 1.54) is 17.0 Å². The van der Waals surface area contributed by atoms with Gasteiger partial charge in [-0.15, -0.1) is 0 Å². The van der Waals surface area contributed by atoms with Crippen LogP contribution in [0.1, 0.15) is 36.1 Å². The van der Waals surface area contributed by atoms with Crippen molar-refractivity contribution >= 4 is 27.5 Å². The Morgan fingerprint density at radius 3 is 1.84 bits per heavy atom. The van der Waals surface area contributed by atoms with Crippen LogP contribution in [0.4, 0.5) is 5.69 Å². The van der Waals surface area contributed by atoms with E-state index in [0.717, 1.165) is 26.6 Å². The number of hydrogen-bond acceptors (Lipinski definition) is 4. The number of benzene rings is 4. The van der Waals surface area contributed by atoms with E-state index in [4.69, 9.17) is 0 Å². The molecule has 0 fully saturated rings. The van der Waals surface area contributed by atoms with Crippen molar-refractivity contribution in [1.82, 2.24) is 10.2 Å². The molecule has 230 valence electrons. The minimum Gasteiger partial charge on any atom is -0.354 e. The van der Waals surface area contributed by atoms with Crippen molar-refractivity contribution in [3.8, 4) is 0 Å². The van der Waals surface area contributed by atoms with Gasteiger partial charge in [0.05, 0.1) is 10.6 Å². The molecule has 0 bridgehead atoms. The summed E-state index contributed by atoms with van der Waals surface area (Å²) in [5, 5.41) is 3.02. The summed E-state index contributed by atoms with van der Waals surface area (Å²) in [5.74, 6) is -0.548. The summed E-state index contributed by atoms with van der Waals surface area (Å²) in [6, 6.07) is 31.6. The standard InChI is InChI=1S/C36H41N3O4S/c1-27(2)24-37-36(41)34(23-30-11-7-5-8-12-30)38(25-31-19-15-28(3)16-20-31)35(40)26-39(32-21-17-29(4)18-22-32)44(42,43)33-13-9-6-10-14-33/h5-22,27,34H,23-26H2,1-4H3,(H,37,41). The average molecular weight is 612 g/mol. The van der Waals surface area contributed by atoms with Crippen LogP contribution in [0.5, 0.6) is 0 Å². The SMILES string of the molecule is Cc1ccc(CN(C(=O)CN(c2ccc(C)cc2)S(=O)(=O)c2ccccc2)C(Cc2ccccc2)C(=O)NCC(C)C)cc1. The first kappa shape index (κ1) is 32.5. The molecule has 2 amide bonds. The minimum atomic E-state index is -4.12. The van der Waals surface area contributed by atoms with Crippen molar-refractivity contribution in [3.05, 3.63) is 131 Å². The summed E-state index contributed by atoms with van der Waals surface area (Å²) in [6.07, 6.45) is 0.276. The van der Waals surface area contributed by atoms with Crippen molar-refractivity contribution in [2.75, 3.05) is 17.4 Å². The van der Waals surface area contributed by atoms with Crippen molar-refractivity contribution in [2.45, 2.75) is 51.6 Å². The molecule has 4 rings (SSSR count).